The Morgan fingerprint density at radius 3 is 2.61 bits per heavy atom. The van der Waals surface area contributed by atoms with Crippen LogP contribution >= 0.6 is 23.2 Å². The van der Waals surface area contributed by atoms with Crippen molar-refractivity contribution < 1.29 is 19.1 Å². The maximum Gasteiger partial charge on any atom is 0.335 e. The number of hydrogen-bond acceptors (Lipinski definition) is 4. The first-order valence-corrected chi connectivity index (χ1v) is 8.69. The Balaban J connectivity index is 2.07. The highest BCUT2D eigenvalue weighted by Gasteiger charge is 2.37. The monoisotopic (exact) mass is 414 g/mol. The SMILES string of the molecule is C#CCOc1ccc(Cl)cc1/C=C1\C(=O)NC(=O)N(c2ccccc2Cl)C1=O. The number of carbonyl (C=O) groups is 3. The molecule has 0 aromatic heterocycles. The van der Waals surface area contributed by atoms with Crippen molar-refractivity contribution in [3.05, 3.63) is 63.6 Å². The number of nitrogens with one attached hydrogen (secondary N) is 1. The van der Waals surface area contributed by atoms with Crippen LogP contribution in [-0.2, 0) is 9.59 Å². The summed E-state index contributed by atoms with van der Waals surface area (Å²) in [4.78, 5) is 38.3. The molecule has 4 amide bonds. The summed E-state index contributed by atoms with van der Waals surface area (Å²) >= 11 is 12.1. The molecule has 1 aliphatic heterocycles. The third-order valence-corrected chi connectivity index (χ3v) is 4.33. The lowest BCUT2D eigenvalue weighted by Crippen LogP contribution is -2.54. The van der Waals surface area contributed by atoms with Crippen LogP contribution in [0.15, 0.2) is 48.0 Å². The van der Waals surface area contributed by atoms with E-state index in [-0.39, 0.29) is 22.9 Å². The van der Waals surface area contributed by atoms with Gasteiger partial charge in [0.1, 0.15) is 17.9 Å². The van der Waals surface area contributed by atoms with Crippen molar-refractivity contribution in [2.75, 3.05) is 11.5 Å². The summed E-state index contributed by atoms with van der Waals surface area (Å²) in [5.74, 6) is 0.985. The molecule has 1 saturated heterocycles. The number of terminal acetylenes is 1. The summed E-state index contributed by atoms with van der Waals surface area (Å²) in [5.41, 5.74) is 0.224. The molecular weight excluding hydrogens is 403 g/mol. The second kappa shape index (κ2) is 8.17. The average Bonchev–Trinajstić information content (AvgIpc) is 2.66. The highest BCUT2D eigenvalue weighted by atomic mass is 35.5. The van der Waals surface area contributed by atoms with Crippen molar-refractivity contribution in [2.24, 2.45) is 0 Å². The zero-order valence-electron chi connectivity index (χ0n) is 14.2. The molecule has 140 valence electrons. The van der Waals surface area contributed by atoms with Gasteiger partial charge in [0.2, 0.25) is 0 Å². The fourth-order valence-corrected chi connectivity index (χ4v) is 2.95. The number of halogens is 2. The Morgan fingerprint density at radius 2 is 1.89 bits per heavy atom. The molecule has 0 unspecified atom stereocenters. The first-order chi connectivity index (χ1) is 13.4. The quantitative estimate of drug-likeness (QED) is 0.470. The van der Waals surface area contributed by atoms with Crippen LogP contribution < -0.4 is 15.0 Å². The zero-order chi connectivity index (χ0) is 20.3. The number of barbiturate groups is 1. The van der Waals surface area contributed by atoms with Crippen LogP contribution in [0.5, 0.6) is 5.75 Å². The molecule has 1 fully saturated rings. The van der Waals surface area contributed by atoms with E-state index in [1.807, 2.05) is 0 Å². The topological polar surface area (TPSA) is 75.7 Å². The standard InChI is InChI=1S/C20H12Cl2N2O4/c1-2-9-28-17-8-7-13(21)10-12(17)11-14-18(25)23-20(27)24(19(14)26)16-6-4-3-5-15(16)22/h1,3-8,10-11H,9H2,(H,23,25,27)/b14-11+. The smallest absolute Gasteiger partial charge is 0.335 e. The Morgan fingerprint density at radius 1 is 1.14 bits per heavy atom. The molecule has 1 heterocycles. The zero-order valence-corrected chi connectivity index (χ0v) is 15.8. The lowest BCUT2D eigenvalue weighted by atomic mass is 10.1. The maximum atomic E-state index is 12.9. The minimum absolute atomic E-state index is 0.0117. The van der Waals surface area contributed by atoms with Crippen molar-refractivity contribution in [3.63, 3.8) is 0 Å². The number of hydrogen-bond donors (Lipinski definition) is 1. The van der Waals surface area contributed by atoms with Crippen LogP contribution in [0.25, 0.3) is 6.08 Å². The first kappa shape index (κ1) is 19.5. The van der Waals surface area contributed by atoms with E-state index >= 15 is 0 Å². The van der Waals surface area contributed by atoms with E-state index in [2.05, 4.69) is 11.2 Å². The number of amides is 4. The van der Waals surface area contributed by atoms with Gasteiger partial charge in [-0.3, -0.25) is 14.9 Å². The molecule has 6 nitrogen and oxygen atoms in total. The van der Waals surface area contributed by atoms with Crippen molar-refractivity contribution >= 4 is 52.8 Å². The van der Waals surface area contributed by atoms with Gasteiger partial charge in [-0.2, -0.15) is 0 Å². The summed E-state index contributed by atoms with van der Waals surface area (Å²) in [6, 6.07) is 10.1. The van der Waals surface area contributed by atoms with Gasteiger partial charge in [0.15, 0.2) is 0 Å². The van der Waals surface area contributed by atoms with Crippen LogP contribution in [0.2, 0.25) is 10.0 Å². The number of imide groups is 2. The molecule has 8 heteroatoms. The number of para-hydroxylation sites is 1. The first-order valence-electron chi connectivity index (χ1n) is 7.94. The predicted octanol–water partition coefficient (Wildman–Crippen LogP) is 3.67. The molecule has 0 spiro atoms. The minimum atomic E-state index is -0.893. The number of rotatable bonds is 4. The van der Waals surface area contributed by atoms with Gasteiger partial charge in [-0.15, -0.1) is 6.42 Å². The highest BCUT2D eigenvalue weighted by molar-refractivity contribution is 6.42. The number of carbonyl (C=O) groups excluding carboxylic acids is 3. The van der Waals surface area contributed by atoms with E-state index in [0.29, 0.717) is 16.3 Å². The summed E-state index contributed by atoms with van der Waals surface area (Å²) in [5, 5.41) is 2.67. The molecule has 0 radical (unpaired) electrons. The fraction of sp³-hybridized carbons (Fsp3) is 0.0500. The number of anilines is 1. The molecule has 0 atom stereocenters. The molecule has 1 aliphatic rings. The van der Waals surface area contributed by atoms with Gasteiger partial charge in [0, 0.05) is 10.6 Å². The van der Waals surface area contributed by atoms with Crippen LogP contribution in [0, 0.1) is 12.3 Å². The predicted molar refractivity (Wildman–Crippen MR) is 106 cm³/mol. The number of benzene rings is 2. The molecule has 2 aromatic carbocycles. The normalized spacial score (nSPS) is 15.4. The third kappa shape index (κ3) is 3.86. The van der Waals surface area contributed by atoms with Crippen molar-refractivity contribution in [2.45, 2.75) is 0 Å². The van der Waals surface area contributed by atoms with Gasteiger partial charge < -0.3 is 4.74 Å². The molecule has 2 aromatic rings. The maximum absolute atomic E-state index is 12.9. The van der Waals surface area contributed by atoms with Gasteiger partial charge in [-0.1, -0.05) is 41.3 Å². The molecule has 28 heavy (non-hydrogen) atoms. The van der Waals surface area contributed by atoms with Gasteiger partial charge >= 0.3 is 6.03 Å². The second-order valence-electron chi connectivity index (χ2n) is 5.58. The van der Waals surface area contributed by atoms with Crippen molar-refractivity contribution in [1.82, 2.24) is 5.32 Å². The summed E-state index contributed by atoms with van der Waals surface area (Å²) < 4.78 is 5.42. The lowest BCUT2D eigenvalue weighted by molar-refractivity contribution is -0.122. The van der Waals surface area contributed by atoms with Gasteiger partial charge in [-0.05, 0) is 36.4 Å². The van der Waals surface area contributed by atoms with Crippen LogP contribution in [0.3, 0.4) is 0 Å². The van der Waals surface area contributed by atoms with Gasteiger partial charge in [0.25, 0.3) is 11.8 Å². The van der Waals surface area contributed by atoms with Gasteiger partial charge in [0.05, 0.1) is 10.7 Å². The molecule has 0 saturated carbocycles. The summed E-state index contributed by atoms with van der Waals surface area (Å²) in [6.45, 7) is -0.0117. The van der Waals surface area contributed by atoms with E-state index in [1.54, 1.807) is 24.3 Å². The van der Waals surface area contributed by atoms with E-state index < -0.39 is 17.8 Å². The summed E-state index contributed by atoms with van der Waals surface area (Å²) in [6.07, 6.45) is 6.49. The van der Waals surface area contributed by atoms with Crippen molar-refractivity contribution in [3.8, 4) is 18.1 Å². The van der Waals surface area contributed by atoms with E-state index in [1.165, 1.54) is 24.3 Å². The Kier molecular flexibility index (Phi) is 5.69. The summed E-state index contributed by atoms with van der Waals surface area (Å²) in [7, 11) is 0. The van der Waals surface area contributed by atoms with E-state index in [4.69, 9.17) is 34.4 Å². The Labute approximate surface area is 170 Å². The Hall–Kier alpha value is -3.27. The fourth-order valence-electron chi connectivity index (χ4n) is 2.55. The average molecular weight is 415 g/mol. The van der Waals surface area contributed by atoms with E-state index in [0.717, 1.165) is 4.90 Å². The largest absolute Gasteiger partial charge is 0.480 e. The minimum Gasteiger partial charge on any atom is -0.480 e. The van der Waals surface area contributed by atoms with E-state index in [9.17, 15) is 14.4 Å². The number of urea groups is 1. The second-order valence-corrected chi connectivity index (χ2v) is 6.43. The molecule has 0 aliphatic carbocycles. The van der Waals surface area contributed by atoms with Crippen LogP contribution in [0.1, 0.15) is 5.56 Å². The van der Waals surface area contributed by atoms with Crippen LogP contribution in [0.4, 0.5) is 10.5 Å². The molecule has 1 N–H and O–H groups in total. The number of nitrogens with zero attached hydrogens (tertiary/aromatic N) is 1. The molecular formula is C20H12Cl2N2O4. The van der Waals surface area contributed by atoms with Crippen molar-refractivity contribution in [1.29, 1.82) is 0 Å². The van der Waals surface area contributed by atoms with Gasteiger partial charge in [-0.25, -0.2) is 9.69 Å². The third-order valence-electron chi connectivity index (χ3n) is 3.78. The lowest BCUT2D eigenvalue weighted by Gasteiger charge is -2.27. The molecule has 3 rings (SSSR count). The highest BCUT2D eigenvalue weighted by Crippen LogP contribution is 2.30. The Bertz CT molecular complexity index is 1060. The number of ether oxygens (including phenoxy) is 1. The van der Waals surface area contributed by atoms with Crippen LogP contribution in [-0.4, -0.2) is 24.5 Å². The molecule has 0 bridgehead atoms.